The first-order valence-electron chi connectivity index (χ1n) is 5.49. The van der Waals surface area contributed by atoms with Crippen LogP contribution in [0.5, 0.6) is 0 Å². The van der Waals surface area contributed by atoms with E-state index in [1.165, 1.54) is 12.4 Å². The Morgan fingerprint density at radius 2 is 2.35 bits per heavy atom. The van der Waals surface area contributed by atoms with Gasteiger partial charge in [-0.05, 0) is 25.0 Å². The average molecular weight is 237 g/mol. The molecule has 0 aromatic carbocycles. The van der Waals surface area contributed by atoms with Crippen LogP contribution in [0.2, 0.25) is 0 Å². The van der Waals surface area contributed by atoms with Crippen LogP contribution in [0.3, 0.4) is 0 Å². The summed E-state index contributed by atoms with van der Waals surface area (Å²) in [6, 6.07) is 3.26. The van der Waals surface area contributed by atoms with Gasteiger partial charge in [-0.2, -0.15) is 0 Å². The first-order valence-corrected chi connectivity index (χ1v) is 5.49. The highest BCUT2D eigenvalue weighted by Crippen LogP contribution is 1.99. The van der Waals surface area contributed by atoms with Crippen LogP contribution in [0.4, 0.5) is 0 Å². The molecule has 0 fully saturated rings. The number of rotatable bonds is 6. The maximum Gasteiger partial charge on any atom is 0.252 e. The van der Waals surface area contributed by atoms with Crippen molar-refractivity contribution >= 4 is 12.1 Å². The van der Waals surface area contributed by atoms with Crippen LogP contribution in [0.1, 0.15) is 28.9 Å². The molecule has 0 saturated heterocycles. The first-order chi connectivity index (χ1) is 8.27. The highest BCUT2D eigenvalue weighted by Gasteiger charge is 2.04. The summed E-state index contributed by atoms with van der Waals surface area (Å²) in [4.78, 5) is 15.6. The summed E-state index contributed by atoms with van der Waals surface area (Å²) in [6.07, 6.45) is 4.59. The fourth-order valence-electron chi connectivity index (χ4n) is 1.28. The zero-order valence-corrected chi connectivity index (χ0v) is 9.59. The molecule has 0 saturated carbocycles. The standard InChI is InChI=1S/C11H16N4O2/c12-5-1-2-6-13-11(16)9-3-4-10(8-15-17)14-7-9/h3-4,7-8,17H,1-2,5-6,12H2,(H,13,16)/p+1/b15-8+. The van der Waals surface area contributed by atoms with Crippen LogP contribution in [-0.2, 0) is 0 Å². The third kappa shape index (κ3) is 4.60. The summed E-state index contributed by atoms with van der Waals surface area (Å²) in [5, 5.41) is 14.0. The normalized spacial score (nSPS) is 10.6. The number of carbonyl (C=O) groups excluding carboxylic acids is 1. The van der Waals surface area contributed by atoms with E-state index in [0.29, 0.717) is 17.8 Å². The van der Waals surface area contributed by atoms with Crippen molar-refractivity contribution < 1.29 is 15.7 Å². The van der Waals surface area contributed by atoms with Gasteiger partial charge in [0.05, 0.1) is 24.0 Å². The molecule has 1 amide bonds. The molecule has 92 valence electrons. The number of amides is 1. The maximum absolute atomic E-state index is 11.6. The van der Waals surface area contributed by atoms with Crippen LogP contribution < -0.4 is 11.1 Å². The number of hydrogen-bond donors (Lipinski definition) is 3. The zero-order chi connectivity index (χ0) is 12.5. The summed E-state index contributed by atoms with van der Waals surface area (Å²) >= 11 is 0. The second-order valence-electron chi connectivity index (χ2n) is 3.53. The molecule has 5 N–H and O–H groups in total. The van der Waals surface area contributed by atoms with Gasteiger partial charge in [-0.25, -0.2) is 0 Å². The van der Waals surface area contributed by atoms with Gasteiger partial charge in [-0.15, -0.1) is 0 Å². The third-order valence-electron chi connectivity index (χ3n) is 2.20. The van der Waals surface area contributed by atoms with E-state index >= 15 is 0 Å². The Labute approximate surface area is 99.5 Å². The molecular weight excluding hydrogens is 220 g/mol. The van der Waals surface area contributed by atoms with Gasteiger partial charge < -0.3 is 16.3 Å². The molecule has 0 radical (unpaired) electrons. The first kappa shape index (κ1) is 13.1. The van der Waals surface area contributed by atoms with Crippen molar-refractivity contribution in [2.45, 2.75) is 12.8 Å². The van der Waals surface area contributed by atoms with Crippen LogP contribution >= 0.6 is 0 Å². The van der Waals surface area contributed by atoms with Crippen molar-refractivity contribution in [2.75, 3.05) is 13.1 Å². The Morgan fingerprint density at radius 3 is 2.94 bits per heavy atom. The van der Waals surface area contributed by atoms with E-state index in [0.717, 1.165) is 19.4 Å². The smallest absolute Gasteiger partial charge is 0.252 e. The Morgan fingerprint density at radius 1 is 1.53 bits per heavy atom. The van der Waals surface area contributed by atoms with E-state index in [4.69, 9.17) is 5.21 Å². The lowest BCUT2D eigenvalue weighted by atomic mass is 10.2. The maximum atomic E-state index is 11.6. The number of nitrogens with one attached hydrogen (secondary N) is 1. The van der Waals surface area contributed by atoms with E-state index in [2.05, 4.69) is 21.2 Å². The molecule has 17 heavy (non-hydrogen) atoms. The third-order valence-corrected chi connectivity index (χ3v) is 2.20. The van der Waals surface area contributed by atoms with Crippen molar-refractivity contribution in [3.8, 4) is 0 Å². The molecule has 0 aliphatic heterocycles. The fourth-order valence-corrected chi connectivity index (χ4v) is 1.28. The number of hydrogen-bond acceptors (Lipinski definition) is 4. The molecule has 0 spiro atoms. The monoisotopic (exact) mass is 237 g/mol. The number of oxime groups is 1. The van der Waals surface area contributed by atoms with Gasteiger partial charge in [0.1, 0.15) is 0 Å². The Bertz CT molecular complexity index is 376. The predicted molar refractivity (Wildman–Crippen MR) is 62.9 cm³/mol. The predicted octanol–water partition coefficient (Wildman–Crippen LogP) is -0.358. The van der Waals surface area contributed by atoms with E-state index in [-0.39, 0.29) is 5.91 Å². The number of quaternary nitrogens is 1. The van der Waals surface area contributed by atoms with E-state index in [9.17, 15) is 4.79 Å². The van der Waals surface area contributed by atoms with E-state index < -0.39 is 0 Å². The highest BCUT2D eigenvalue weighted by atomic mass is 16.4. The molecule has 1 aromatic rings. The van der Waals surface area contributed by atoms with Crippen LogP contribution in [0, 0.1) is 0 Å². The molecule has 1 rings (SSSR count). The van der Waals surface area contributed by atoms with Gasteiger partial charge >= 0.3 is 0 Å². The Balaban J connectivity index is 2.46. The molecule has 6 nitrogen and oxygen atoms in total. The molecule has 1 heterocycles. The van der Waals surface area contributed by atoms with Gasteiger partial charge in [-0.1, -0.05) is 5.16 Å². The van der Waals surface area contributed by atoms with Crippen LogP contribution in [0.15, 0.2) is 23.5 Å². The van der Waals surface area contributed by atoms with Gasteiger partial charge in [0, 0.05) is 12.7 Å². The summed E-state index contributed by atoms with van der Waals surface area (Å²) < 4.78 is 0. The largest absolute Gasteiger partial charge is 0.411 e. The summed E-state index contributed by atoms with van der Waals surface area (Å²) in [5.74, 6) is -0.144. The van der Waals surface area contributed by atoms with Crippen LogP contribution in [-0.4, -0.2) is 35.4 Å². The molecule has 0 aliphatic rings. The number of nitrogens with zero attached hydrogens (tertiary/aromatic N) is 2. The minimum atomic E-state index is -0.144. The van der Waals surface area contributed by atoms with Gasteiger partial charge in [-0.3, -0.25) is 9.78 Å². The SMILES string of the molecule is [NH3+]CCCCNC(=O)c1ccc(/C=N/O)nc1. The minimum absolute atomic E-state index is 0.144. The second kappa shape index (κ2) is 7.34. The molecule has 0 bridgehead atoms. The minimum Gasteiger partial charge on any atom is -0.411 e. The molecule has 0 unspecified atom stereocenters. The molecule has 0 aliphatic carbocycles. The lowest BCUT2D eigenvalue weighted by molar-refractivity contribution is -0.368. The number of aromatic nitrogens is 1. The lowest BCUT2D eigenvalue weighted by Gasteiger charge is -2.03. The van der Waals surface area contributed by atoms with Crippen molar-refractivity contribution in [2.24, 2.45) is 5.16 Å². The van der Waals surface area contributed by atoms with Crippen molar-refractivity contribution in [1.82, 2.24) is 10.3 Å². The van der Waals surface area contributed by atoms with Gasteiger partial charge in [0.15, 0.2) is 0 Å². The number of pyridine rings is 1. The second-order valence-corrected chi connectivity index (χ2v) is 3.53. The Kier molecular flexibility index (Phi) is 5.67. The quantitative estimate of drug-likeness (QED) is 0.272. The Hall–Kier alpha value is -1.95. The van der Waals surface area contributed by atoms with E-state index in [1.54, 1.807) is 12.1 Å². The molecule has 0 atom stereocenters. The zero-order valence-electron chi connectivity index (χ0n) is 9.59. The van der Waals surface area contributed by atoms with Gasteiger partial charge in [0.25, 0.3) is 5.91 Å². The van der Waals surface area contributed by atoms with E-state index in [1.807, 2.05) is 0 Å². The van der Waals surface area contributed by atoms with Crippen molar-refractivity contribution in [3.05, 3.63) is 29.6 Å². The number of unbranched alkanes of at least 4 members (excludes halogenated alkanes) is 1. The topological polar surface area (TPSA) is 102 Å². The summed E-state index contributed by atoms with van der Waals surface area (Å²) in [7, 11) is 0. The molecular formula is C11H17N4O2+. The summed E-state index contributed by atoms with van der Waals surface area (Å²) in [5.41, 5.74) is 4.73. The molecule has 6 heteroatoms. The number of carbonyl (C=O) groups is 1. The summed E-state index contributed by atoms with van der Waals surface area (Å²) in [6.45, 7) is 1.53. The van der Waals surface area contributed by atoms with Crippen LogP contribution in [0.25, 0.3) is 0 Å². The van der Waals surface area contributed by atoms with Crippen molar-refractivity contribution in [1.29, 1.82) is 0 Å². The average Bonchev–Trinajstić information content (AvgIpc) is 2.36. The highest BCUT2D eigenvalue weighted by molar-refractivity contribution is 5.94. The lowest BCUT2D eigenvalue weighted by Crippen LogP contribution is -2.50. The molecule has 1 aromatic heterocycles. The fraction of sp³-hybridized carbons (Fsp3) is 0.364. The van der Waals surface area contributed by atoms with Gasteiger partial charge in [0.2, 0.25) is 0 Å². The van der Waals surface area contributed by atoms with Crippen molar-refractivity contribution in [3.63, 3.8) is 0 Å².